The third-order valence-electron chi connectivity index (χ3n) is 5.12. The monoisotopic (exact) mass is 375 g/mol. The fraction of sp³-hybridized carbons (Fsp3) is 0.286. The third kappa shape index (κ3) is 2.89. The predicted molar refractivity (Wildman–Crippen MR) is 108 cm³/mol. The van der Waals surface area contributed by atoms with Gasteiger partial charge in [-0.1, -0.05) is 0 Å². The average Bonchev–Trinajstić information content (AvgIpc) is 3.47. The summed E-state index contributed by atoms with van der Waals surface area (Å²) < 4.78 is 11.3. The highest BCUT2D eigenvalue weighted by Crippen LogP contribution is 2.34. The molecule has 1 aliphatic rings. The Hall–Kier alpha value is -3.35. The summed E-state index contributed by atoms with van der Waals surface area (Å²) in [5, 5.41) is 0. The maximum Gasteiger partial charge on any atom is 0.198 e. The van der Waals surface area contributed by atoms with Gasteiger partial charge >= 0.3 is 0 Å². The summed E-state index contributed by atoms with van der Waals surface area (Å²) in [5.74, 6) is 2.78. The lowest BCUT2D eigenvalue weighted by Gasteiger charge is -2.19. The van der Waals surface area contributed by atoms with Gasteiger partial charge in [-0.05, 0) is 44.0 Å². The van der Waals surface area contributed by atoms with Crippen molar-refractivity contribution in [2.24, 2.45) is 0 Å². The Morgan fingerprint density at radius 2 is 1.96 bits per heavy atom. The number of nitrogens with one attached hydrogen (secondary N) is 1. The van der Waals surface area contributed by atoms with Crippen molar-refractivity contribution >= 4 is 16.9 Å². The zero-order valence-corrected chi connectivity index (χ0v) is 15.9. The van der Waals surface area contributed by atoms with Gasteiger partial charge in [0.2, 0.25) is 0 Å². The van der Waals surface area contributed by atoms with Crippen LogP contribution in [0.25, 0.3) is 34.0 Å². The van der Waals surface area contributed by atoms with E-state index in [0.29, 0.717) is 17.2 Å². The summed E-state index contributed by atoms with van der Waals surface area (Å²) >= 11 is 0. The van der Waals surface area contributed by atoms with Crippen LogP contribution in [-0.4, -0.2) is 40.1 Å². The van der Waals surface area contributed by atoms with Crippen molar-refractivity contribution in [2.75, 3.05) is 25.1 Å². The number of nitrogens with zero attached hydrogens (tertiary/aromatic N) is 4. The first kappa shape index (κ1) is 16.8. The molecule has 28 heavy (non-hydrogen) atoms. The highest BCUT2D eigenvalue weighted by molar-refractivity contribution is 5.89. The molecule has 1 aliphatic heterocycles. The number of fused-ring (bicyclic) bond motifs is 1. The first-order valence-corrected chi connectivity index (χ1v) is 9.43. The third-order valence-corrected chi connectivity index (χ3v) is 5.12. The summed E-state index contributed by atoms with van der Waals surface area (Å²) in [7, 11) is 1.69. The van der Waals surface area contributed by atoms with Gasteiger partial charge in [-0.25, -0.2) is 15.0 Å². The van der Waals surface area contributed by atoms with Gasteiger partial charge in [0.1, 0.15) is 22.7 Å². The van der Waals surface area contributed by atoms with E-state index in [-0.39, 0.29) is 0 Å². The van der Waals surface area contributed by atoms with Crippen LogP contribution in [0.3, 0.4) is 0 Å². The molecule has 7 nitrogen and oxygen atoms in total. The number of ether oxygens (including phenoxy) is 1. The van der Waals surface area contributed by atoms with Crippen molar-refractivity contribution in [1.29, 1.82) is 0 Å². The molecular weight excluding hydrogens is 354 g/mol. The Balaban J connectivity index is 1.70. The van der Waals surface area contributed by atoms with E-state index in [4.69, 9.17) is 14.1 Å². The fourth-order valence-electron chi connectivity index (χ4n) is 3.70. The molecule has 0 bridgehead atoms. The molecule has 0 atom stereocenters. The van der Waals surface area contributed by atoms with Crippen molar-refractivity contribution in [1.82, 2.24) is 19.9 Å². The number of anilines is 1. The number of methoxy groups -OCH3 is 1. The first-order chi connectivity index (χ1) is 13.7. The quantitative estimate of drug-likeness (QED) is 0.576. The number of hydrogen-bond donors (Lipinski definition) is 1. The van der Waals surface area contributed by atoms with E-state index in [0.717, 1.165) is 47.1 Å². The summed E-state index contributed by atoms with van der Waals surface area (Å²) in [6, 6.07) is 10.0. The molecule has 142 valence electrons. The van der Waals surface area contributed by atoms with Crippen molar-refractivity contribution in [3.8, 4) is 28.6 Å². The van der Waals surface area contributed by atoms with E-state index in [1.807, 2.05) is 25.1 Å². The molecule has 1 saturated heterocycles. The largest absolute Gasteiger partial charge is 0.497 e. The van der Waals surface area contributed by atoms with Crippen molar-refractivity contribution in [3.05, 3.63) is 42.4 Å². The van der Waals surface area contributed by atoms with E-state index >= 15 is 0 Å². The number of hydrogen-bond acceptors (Lipinski definition) is 6. The molecule has 7 heteroatoms. The van der Waals surface area contributed by atoms with Crippen LogP contribution in [0.4, 0.5) is 5.69 Å². The molecule has 1 N–H and O–H groups in total. The molecule has 0 saturated carbocycles. The number of aromatic nitrogens is 4. The molecule has 3 aromatic heterocycles. The summed E-state index contributed by atoms with van der Waals surface area (Å²) in [4.78, 5) is 19.3. The van der Waals surface area contributed by atoms with E-state index in [1.165, 1.54) is 12.8 Å². The Morgan fingerprint density at radius 3 is 2.71 bits per heavy atom. The number of furan rings is 1. The van der Waals surface area contributed by atoms with Crippen LogP contribution < -0.4 is 9.64 Å². The molecule has 0 amide bonds. The minimum Gasteiger partial charge on any atom is -0.497 e. The second-order valence-corrected chi connectivity index (χ2v) is 7.02. The average molecular weight is 375 g/mol. The van der Waals surface area contributed by atoms with Crippen molar-refractivity contribution in [3.63, 3.8) is 0 Å². The Bertz CT molecular complexity index is 1140. The number of rotatable bonds is 4. The Labute approximate surface area is 162 Å². The fourth-order valence-corrected chi connectivity index (χ4v) is 3.70. The number of aryl methyl sites for hydroxylation is 1. The zero-order chi connectivity index (χ0) is 19.1. The molecule has 1 aromatic carbocycles. The maximum absolute atomic E-state index is 5.74. The SMILES string of the molecule is COc1cc(-c2nc(-c3ccc(C)o3)nc3nc[nH]c23)cc(N2CCCC2)c1. The highest BCUT2D eigenvalue weighted by atomic mass is 16.5. The molecular formula is C21H21N5O2. The van der Waals surface area contributed by atoms with Crippen LogP contribution in [-0.2, 0) is 0 Å². The van der Waals surface area contributed by atoms with Crippen LogP contribution in [0.5, 0.6) is 5.75 Å². The second-order valence-electron chi connectivity index (χ2n) is 7.02. The molecule has 0 radical (unpaired) electrons. The number of H-pyrrole nitrogens is 1. The van der Waals surface area contributed by atoms with Crippen molar-refractivity contribution < 1.29 is 9.15 Å². The molecule has 0 spiro atoms. The number of benzene rings is 1. The van der Waals surface area contributed by atoms with Gasteiger partial charge in [0.05, 0.1) is 13.4 Å². The van der Waals surface area contributed by atoms with Crippen molar-refractivity contribution in [2.45, 2.75) is 19.8 Å². The standard InChI is InChI=1S/C21H21N5O2/c1-13-5-6-17(28-13)20-24-18(19-21(25-20)23-12-22-19)14-9-15(11-16(10-14)27-2)26-7-3-4-8-26/h5-6,9-12H,3-4,7-8H2,1-2H3,(H,22,23,24,25). The summed E-state index contributed by atoms with van der Waals surface area (Å²) in [6.07, 6.45) is 4.07. The minimum absolute atomic E-state index is 0.522. The smallest absolute Gasteiger partial charge is 0.198 e. The Morgan fingerprint density at radius 1 is 1.11 bits per heavy atom. The predicted octanol–water partition coefficient (Wildman–Crippen LogP) is 4.20. The van der Waals surface area contributed by atoms with Gasteiger partial charge < -0.3 is 19.0 Å². The van der Waals surface area contributed by atoms with Gasteiger partial charge in [0.15, 0.2) is 17.2 Å². The highest BCUT2D eigenvalue weighted by Gasteiger charge is 2.19. The lowest BCUT2D eigenvalue weighted by Crippen LogP contribution is -2.17. The lowest BCUT2D eigenvalue weighted by molar-refractivity contribution is 0.415. The first-order valence-electron chi connectivity index (χ1n) is 9.43. The van der Waals surface area contributed by atoms with Crippen LogP contribution >= 0.6 is 0 Å². The molecule has 4 heterocycles. The van der Waals surface area contributed by atoms with Gasteiger partial charge in [0, 0.05) is 30.4 Å². The number of aromatic amines is 1. The second kappa shape index (κ2) is 6.67. The van der Waals surface area contributed by atoms with Crippen LogP contribution in [0.15, 0.2) is 41.1 Å². The molecule has 0 unspecified atom stereocenters. The summed E-state index contributed by atoms with van der Waals surface area (Å²) in [5.41, 5.74) is 4.30. The summed E-state index contributed by atoms with van der Waals surface area (Å²) in [6.45, 7) is 4.03. The molecule has 4 aromatic rings. The topological polar surface area (TPSA) is 80.1 Å². The van der Waals surface area contributed by atoms with Gasteiger partial charge in [-0.3, -0.25) is 0 Å². The van der Waals surface area contributed by atoms with E-state index in [1.54, 1.807) is 13.4 Å². The maximum atomic E-state index is 5.74. The van der Waals surface area contributed by atoms with Gasteiger partial charge in [-0.2, -0.15) is 0 Å². The van der Waals surface area contributed by atoms with E-state index < -0.39 is 0 Å². The zero-order valence-electron chi connectivity index (χ0n) is 15.9. The van der Waals surface area contributed by atoms with Gasteiger partial charge in [0.25, 0.3) is 0 Å². The van der Waals surface area contributed by atoms with Crippen LogP contribution in [0.1, 0.15) is 18.6 Å². The van der Waals surface area contributed by atoms with Crippen LogP contribution in [0, 0.1) is 6.92 Å². The number of imidazole rings is 1. The van der Waals surface area contributed by atoms with E-state index in [9.17, 15) is 0 Å². The molecule has 5 rings (SSSR count). The molecule has 1 fully saturated rings. The lowest BCUT2D eigenvalue weighted by atomic mass is 10.1. The minimum atomic E-state index is 0.522. The van der Waals surface area contributed by atoms with Gasteiger partial charge in [-0.15, -0.1) is 0 Å². The van der Waals surface area contributed by atoms with E-state index in [2.05, 4.69) is 32.0 Å². The van der Waals surface area contributed by atoms with Crippen LogP contribution in [0.2, 0.25) is 0 Å². The molecule has 0 aliphatic carbocycles. The Kier molecular flexibility index (Phi) is 4.00. The normalized spacial score (nSPS) is 14.1.